The number of sulfonamides is 1. The van der Waals surface area contributed by atoms with E-state index in [0.717, 1.165) is 17.2 Å². The number of amides is 1. The van der Waals surface area contributed by atoms with Gasteiger partial charge in [0, 0.05) is 17.3 Å². The van der Waals surface area contributed by atoms with Crippen molar-refractivity contribution in [2.24, 2.45) is 0 Å². The molecule has 2 heterocycles. The average molecular weight is 468 g/mol. The highest BCUT2D eigenvalue weighted by Gasteiger charge is 2.20. The molecule has 2 N–H and O–H groups in total. The molecule has 4 rings (SSSR count). The third kappa shape index (κ3) is 4.37. The summed E-state index contributed by atoms with van der Waals surface area (Å²) in [6.45, 7) is 7.07. The first-order chi connectivity index (χ1) is 15.5. The number of anilines is 2. The van der Waals surface area contributed by atoms with Crippen molar-refractivity contribution in [2.75, 3.05) is 10.0 Å². The Morgan fingerprint density at radius 2 is 1.70 bits per heavy atom. The molecular weight excluding hydrogens is 446 g/mol. The van der Waals surface area contributed by atoms with Crippen LogP contribution in [0.4, 0.5) is 11.6 Å². The number of aromatic nitrogens is 1. The molecular formula is C23H21N3O6S. The zero-order valence-electron chi connectivity index (χ0n) is 18.3. The standard InChI is InChI=1S/C23H21N3O6S/c1-12-9-13(2)21-18(10-12)19(27)11-20(31-21)22(28)24-16-5-7-17(8-6-16)33(29,30)26-23-14(3)15(4)25-32-23/h5-11,26H,1-4H3,(H,24,28). The van der Waals surface area contributed by atoms with Gasteiger partial charge in [-0.1, -0.05) is 11.2 Å². The highest BCUT2D eigenvalue weighted by Crippen LogP contribution is 2.23. The summed E-state index contributed by atoms with van der Waals surface area (Å²) in [6, 6.07) is 10.2. The Morgan fingerprint density at radius 1 is 1.00 bits per heavy atom. The van der Waals surface area contributed by atoms with Crippen molar-refractivity contribution < 1.29 is 22.2 Å². The minimum Gasteiger partial charge on any atom is -0.450 e. The molecule has 0 aliphatic rings. The maximum absolute atomic E-state index is 12.7. The number of hydrogen-bond acceptors (Lipinski definition) is 7. The van der Waals surface area contributed by atoms with Gasteiger partial charge in [-0.3, -0.25) is 9.59 Å². The zero-order valence-corrected chi connectivity index (χ0v) is 19.2. The number of nitrogens with one attached hydrogen (secondary N) is 2. The predicted molar refractivity (Wildman–Crippen MR) is 123 cm³/mol. The minimum absolute atomic E-state index is 0.0304. The summed E-state index contributed by atoms with van der Waals surface area (Å²) in [5.41, 5.74) is 3.19. The Balaban J connectivity index is 1.55. The van der Waals surface area contributed by atoms with E-state index in [4.69, 9.17) is 8.94 Å². The number of aryl methyl sites for hydroxylation is 3. The van der Waals surface area contributed by atoms with Crippen LogP contribution in [0.15, 0.2) is 61.1 Å². The first-order valence-electron chi connectivity index (χ1n) is 9.97. The molecule has 0 saturated carbocycles. The molecule has 9 nitrogen and oxygen atoms in total. The molecule has 170 valence electrons. The van der Waals surface area contributed by atoms with Gasteiger partial charge in [0.05, 0.1) is 16.0 Å². The van der Waals surface area contributed by atoms with Crippen molar-refractivity contribution >= 4 is 38.5 Å². The molecule has 33 heavy (non-hydrogen) atoms. The normalized spacial score (nSPS) is 11.5. The molecule has 1 amide bonds. The third-order valence-electron chi connectivity index (χ3n) is 5.19. The van der Waals surface area contributed by atoms with Crippen LogP contribution >= 0.6 is 0 Å². The second-order valence-electron chi connectivity index (χ2n) is 7.74. The number of carbonyl (C=O) groups is 1. The summed E-state index contributed by atoms with van der Waals surface area (Å²) in [7, 11) is -3.91. The van der Waals surface area contributed by atoms with Gasteiger partial charge in [0.25, 0.3) is 15.9 Å². The van der Waals surface area contributed by atoms with E-state index >= 15 is 0 Å². The number of hydrogen-bond donors (Lipinski definition) is 2. The Labute approximate surface area is 189 Å². The van der Waals surface area contributed by atoms with E-state index < -0.39 is 15.9 Å². The lowest BCUT2D eigenvalue weighted by Crippen LogP contribution is -2.16. The molecule has 0 bridgehead atoms. The van der Waals surface area contributed by atoms with Crippen LogP contribution in [-0.4, -0.2) is 19.5 Å². The Bertz CT molecular complexity index is 1550. The van der Waals surface area contributed by atoms with Crippen LogP contribution < -0.4 is 15.5 Å². The van der Waals surface area contributed by atoms with Gasteiger partial charge in [-0.15, -0.1) is 0 Å². The summed E-state index contributed by atoms with van der Waals surface area (Å²) in [5, 5.41) is 6.74. The second-order valence-corrected chi connectivity index (χ2v) is 9.42. The minimum atomic E-state index is -3.91. The number of carbonyl (C=O) groups excluding carboxylic acids is 1. The van der Waals surface area contributed by atoms with E-state index in [1.54, 1.807) is 26.8 Å². The lowest BCUT2D eigenvalue weighted by molar-refractivity contribution is 0.0997. The zero-order chi connectivity index (χ0) is 23.9. The monoisotopic (exact) mass is 467 g/mol. The van der Waals surface area contributed by atoms with E-state index in [0.29, 0.717) is 27.9 Å². The molecule has 0 atom stereocenters. The number of benzene rings is 2. The van der Waals surface area contributed by atoms with E-state index in [2.05, 4.69) is 15.2 Å². The van der Waals surface area contributed by atoms with Gasteiger partial charge in [0.1, 0.15) is 5.58 Å². The van der Waals surface area contributed by atoms with Gasteiger partial charge >= 0.3 is 0 Å². The summed E-state index contributed by atoms with van der Waals surface area (Å²) < 4.78 is 38.2. The van der Waals surface area contributed by atoms with E-state index in [1.807, 2.05) is 13.0 Å². The number of fused-ring (bicyclic) bond motifs is 1. The fraction of sp³-hybridized carbons (Fsp3) is 0.174. The van der Waals surface area contributed by atoms with Crippen LogP contribution in [0.5, 0.6) is 0 Å². The van der Waals surface area contributed by atoms with Crippen molar-refractivity contribution in [3.8, 4) is 0 Å². The first-order valence-corrected chi connectivity index (χ1v) is 11.5. The van der Waals surface area contributed by atoms with Crippen molar-refractivity contribution in [1.29, 1.82) is 0 Å². The van der Waals surface area contributed by atoms with Crippen LogP contribution in [-0.2, 0) is 10.0 Å². The molecule has 0 spiro atoms. The van der Waals surface area contributed by atoms with Crippen molar-refractivity contribution in [3.63, 3.8) is 0 Å². The third-order valence-corrected chi connectivity index (χ3v) is 6.54. The molecule has 0 saturated heterocycles. The summed E-state index contributed by atoms with van der Waals surface area (Å²) in [6.07, 6.45) is 0. The van der Waals surface area contributed by atoms with Crippen LogP contribution in [0.3, 0.4) is 0 Å². The largest absolute Gasteiger partial charge is 0.450 e. The first kappa shape index (κ1) is 22.3. The van der Waals surface area contributed by atoms with Crippen molar-refractivity contribution in [1.82, 2.24) is 5.16 Å². The maximum Gasteiger partial charge on any atom is 0.291 e. The van der Waals surface area contributed by atoms with Gasteiger partial charge in [0.15, 0.2) is 11.2 Å². The number of rotatable bonds is 5. The quantitative estimate of drug-likeness (QED) is 0.452. The molecule has 0 aliphatic carbocycles. The molecule has 10 heteroatoms. The van der Waals surface area contributed by atoms with Crippen LogP contribution in [0, 0.1) is 27.7 Å². The van der Waals surface area contributed by atoms with Gasteiger partial charge in [-0.25, -0.2) is 13.1 Å². The van der Waals surface area contributed by atoms with Gasteiger partial charge in [0.2, 0.25) is 5.88 Å². The maximum atomic E-state index is 12.7. The lowest BCUT2D eigenvalue weighted by Gasteiger charge is -2.09. The Kier molecular flexibility index (Phi) is 5.54. The molecule has 0 fully saturated rings. The fourth-order valence-corrected chi connectivity index (χ4v) is 4.37. The van der Waals surface area contributed by atoms with Crippen molar-refractivity contribution in [3.05, 3.63) is 80.8 Å². The molecule has 2 aromatic heterocycles. The van der Waals surface area contributed by atoms with E-state index in [1.165, 1.54) is 24.3 Å². The van der Waals surface area contributed by atoms with Crippen LogP contribution in [0.1, 0.15) is 32.9 Å². The highest BCUT2D eigenvalue weighted by molar-refractivity contribution is 7.92. The second kappa shape index (κ2) is 8.21. The lowest BCUT2D eigenvalue weighted by atomic mass is 10.1. The Morgan fingerprint density at radius 3 is 2.33 bits per heavy atom. The summed E-state index contributed by atoms with van der Waals surface area (Å²) >= 11 is 0. The van der Waals surface area contributed by atoms with Gasteiger partial charge < -0.3 is 14.3 Å². The topological polar surface area (TPSA) is 132 Å². The van der Waals surface area contributed by atoms with Crippen LogP contribution in [0.25, 0.3) is 11.0 Å². The molecule has 4 aromatic rings. The predicted octanol–water partition coefficient (Wildman–Crippen LogP) is 4.07. The van der Waals surface area contributed by atoms with E-state index in [9.17, 15) is 18.0 Å². The van der Waals surface area contributed by atoms with Crippen molar-refractivity contribution in [2.45, 2.75) is 32.6 Å². The molecule has 0 unspecified atom stereocenters. The SMILES string of the molecule is Cc1cc(C)c2oc(C(=O)Nc3ccc(S(=O)(=O)Nc4onc(C)c4C)cc3)cc(=O)c2c1. The summed E-state index contributed by atoms with van der Waals surface area (Å²) in [4.78, 5) is 25.1. The fourth-order valence-electron chi connectivity index (χ4n) is 3.32. The smallest absolute Gasteiger partial charge is 0.291 e. The number of nitrogens with zero attached hydrogens (tertiary/aromatic N) is 1. The molecule has 2 aromatic carbocycles. The Hall–Kier alpha value is -3.92. The van der Waals surface area contributed by atoms with E-state index in [-0.39, 0.29) is 22.0 Å². The van der Waals surface area contributed by atoms with Crippen LogP contribution in [0.2, 0.25) is 0 Å². The average Bonchev–Trinajstić information content (AvgIpc) is 3.06. The molecule has 0 aliphatic heterocycles. The van der Waals surface area contributed by atoms with Gasteiger partial charge in [-0.2, -0.15) is 0 Å². The summed E-state index contributed by atoms with van der Waals surface area (Å²) in [5.74, 6) is -0.730. The highest BCUT2D eigenvalue weighted by atomic mass is 32.2. The van der Waals surface area contributed by atoms with Gasteiger partial charge in [-0.05, 0) is 69.2 Å². The molecule has 0 radical (unpaired) electrons.